The van der Waals surface area contributed by atoms with E-state index in [0.29, 0.717) is 24.1 Å². The highest BCUT2D eigenvalue weighted by Gasteiger charge is 2.25. The van der Waals surface area contributed by atoms with Crippen molar-refractivity contribution in [2.24, 2.45) is 5.92 Å². The molecule has 21 heavy (non-hydrogen) atoms. The van der Waals surface area contributed by atoms with Crippen molar-refractivity contribution in [3.05, 3.63) is 0 Å². The molecular formula is C15H30N2O3S. The second-order valence-corrected chi connectivity index (χ2v) is 7.90. The highest BCUT2D eigenvalue weighted by atomic mass is 32.2. The first kappa shape index (κ1) is 20.1. The maximum atomic E-state index is 12.2. The van der Waals surface area contributed by atoms with Gasteiger partial charge in [0.25, 0.3) is 0 Å². The summed E-state index contributed by atoms with van der Waals surface area (Å²) in [5, 5.41) is 5.89. The highest BCUT2D eigenvalue weighted by molar-refractivity contribution is 7.99. The number of thioether (sulfide) groups is 1. The van der Waals surface area contributed by atoms with Gasteiger partial charge in [0.15, 0.2) is 0 Å². The highest BCUT2D eigenvalue weighted by Crippen LogP contribution is 2.10. The molecule has 0 spiro atoms. The molecule has 2 unspecified atom stereocenters. The molecule has 0 aromatic heterocycles. The topological polar surface area (TPSA) is 67.4 Å². The Hall–Kier alpha value is -0.910. The monoisotopic (exact) mass is 318 g/mol. The van der Waals surface area contributed by atoms with Crippen LogP contribution in [0.5, 0.6) is 0 Å². The summed E-state index contributed by atoms with van der Waals surface area (Å²) in [6.45, 7) is 12.1. The van der Waals surface area contributed by atoms with E-state index in [4.69, 9.17) is 4.74 Å². The number of nitrogens with one attached hydrogen (secondary N) is 2. The molecule has 0 aromatic rings. The Labute approximate surface area is 133 Å². The van der Waals surface area contributed by atoms with Crippen molar-refractivity contribution in [2.45, 2.75) is 64.9 Å². The summed E-state index contributed by atoms with van der Waals surface area (Å²) in [5.41, 5.74) is -0.573. The molecule has 2 N–H and O–H groups in total. The molecule has 0 aromatic carbocycles. The lowest BCUT2D eigenvalue weighted by molar-refractivity contribution is -0.123. The van der Waals surface area contributed by atoms with E-state index in [0.717, 1.165) is 0 Å². The van der Waals surface area contributed by atoms with Crippen LogP contribution in [0, 0.1) is 5.92 Å². The SMILES string of the molecule is CSC(C)CNC(=O)C(CC(C)C)NC(=O)OC(C)(C)C. The first-order valence-electron chi connectivity index (χ1n) is 7.35. The summed E-state index contributed by atoms with van der Waals surface area (Å²) >= 11 is 1.69. The quantitative estimate of drug-likeness (QED) is 0.757. The van der Waals surface area contributed by atoms with Gasteiger partial charge in [-0.1, -0.05) is 20.8 Å². The minimum absolute atomic E-state index is 0.157. The fourth-order valence-corrected chi connectivity index (χ4v) is 1.85. The number of hydrogen-bond acceptors (Lipinski definition) is 4. The lowest BCUT2D eigenvalue weighted by atomic mass is 10.0. The first-order chi connectivity index (χ1) is 9.55. The number of ether oxygens (including phenoxy) is 1. The van der Waals surface area contributed by atoms with Gasteiger partial charge in [-0.3, -0.25) is 4.79 Å². The predicted molar refractivity (Wildman–Crippen MR) is 88.6 cm³/mol. The van der Waals surface area contributed by atoms with Crippen LogP contribution >= 0.6 is 11.8 Å². The van der Waals surface area contributed by atoms with Gasteiger partial charge in [-0.05, 0) is 39.4 Å². The molecule has 0 saturated heterocycles. The van der Waals surface area contributed by atoms with Crippen LogP contribution in [0.15, 0.2) is 0 Å². The summed E-state index contributed by atoms with van der Waals surface area (Å²) in [6, 6.07) is -0.561. The molecule has 0 saturated carbocycles. The normalized spacial score (nSPS) is 14.5. The standard InChI is InChI=1S/C15H30N2O3S/c1-10(2)8-12(13(18)16-9-11(3)21-7)17-14(19)20-15(4,5)6/h10-12H,8-9H2,1-7H3,(H,16,18)(H,17,19). The average molecular weight is 318 g/mol. The smallest absolute Gasteiger partial charge is 0.408 e. The van der Waals surface area contributed by atoms with Crippen molar-refractivity contribution >= 4 is 23.8 Å². The fraction of sp³-hybridized carbons (Fsp3) is 0.867. The molecule has 0 aliphatic heterocycles. The van der Waals surface area contributed by atoms with E-state index in [2.05, 4.69) is 10.6 Å². The third-order valence-electron chi connectivity index (χ3n) is 2.68. The van der Waals surface area contributed by atoms with Crippen molar-refractivity contribution in [2.75, 3.05) is 12.8 Å². The number of rotatable bonds is 7. The van der Waals surface area contributed by atoms with E-state index in [9.17, 15) is 9.59 Å². The van der Waals surface area contributed by atoms with Crippen LogP contribution in [0.25, 0.3) is 0 Å². The van der Waals surface area contributed by atoms with Crippen molar-refractivity contribution in [3.63, 3.8) is 0 Å². The fourth-order valence-electron chi connectivity index (χ4n) is 1.60. The van der Waals surface area contributed by atoms with E-state index in [1.54, 1.807) is 32.5 Å². The molecule has 5 nitrogen and oxygen atoms in total. The van der Waals surface area contributed by atoms with Crippen LogP contribution in [0.1, 0.15) is 48.0 Å². The van der Waals surface area contributed by atoms with Crippen LogP contribution in [0.2, 0.25) is 0 Å². The summed E-state index contributed by atoms with van der Waals surface area (Å²) < 4.78 is 5.21. The maximum absolute atomic E-state index is 12.2. The molecule has 0 heterocycles. The molecule has 0 rings (SSSR count). The maximum Gasteiger partial charge on any atom is 0.408 e. The van der Waals surface area contributed by atoms with Crippen molar-refractivity contribution < 1.29 is 14.3 Å². The van der Waals surface area contributed by atoms with Crippen LogP contribution in [-0.4, -0.2) is 41.7 Å². The molecule has 124 valence electrons. The number of amides is 2. The molecule has 0 radical (unpaired) electrons. The lowest BCUT2D eigenvalue weighted by Gasteiger charge is -2.24. The third kappa shape index (κ3) is 10.5. The average Bonchev–Trinajstić information content (AvgIpc) is 2.31. The number of alkyl carbamates (subject to hydrolysis) is 1. The van der Waals surface area contributed by atoms with Crippen LogP contribution in [0.3, 0.4) is 0 Å². The zero-order valence-electron chi connectivity index (χ0n) is 14.3. The molecule has 6 heteroatoms. The Kier molecular flexibility index (Phi) is 8.78. The van der Waals surface area contributed by atoms with Gasteiger partial charge in [0.1, 0.15) is 11.6 Å². The van der Waals surface area contributed by atoms with Gasteiger partial charge < -0.3 is 15.4 Å². The first-order valence-corrected chi connectivity index (χ1v) is 8.64. The Balaban J connectivity index is 4.57. The third-order valence-corrected chi connectivity index (χ3v) is 3.65. The zero-order valence-corrected chi connectivity index (χ0v) is 15.1. The zero-order chi connectivity index (χ0) is 16.6. The summed E-state index contributed by atoms with van der Waals surface area (Å²) in [5.74, 6) is 0.143. The molecule has 0 fully saturated rings. The second-order valence-electron chi connectivity index (χ2n) is 6.62. The molecule has 2 atom stereocenters. The number of carbonyl (C=O) groups is 2. The minimum Gasteiger partial charge on any atom is -0.444 e. The summed E-state index contributed by atoms with van der Waals surface area (Å²) in [4.78, 5) is 24.0. The van der Waals surface area contributed by atoms with E-state index >= 15 is 0 Å². The van der Waals surface area contributed by atoms with Gasteiger partial charge in [-0.25, -0.2) is 4.79 Å². The van der Waals surface area contributed by atoms with Gasteiger partial charge in [0.2, 0.25) is 5.91 Å². The summed E-state index contributed by atoms with van der Waals surface area (Å²) in [7, 11) is 0. The molecule has 0 bridgehead atoms. The number of hydrogen-bond donors (Lipinski definition) is 2. The van der Waals surface area contributed by atoms with Crippen LogP contribution in [-0.2, 0) is 9.53 Å². The molecule has 0 aliphatic carbocycles. The molecule has 2 amide bonds. The number of carbonyl (C=O) groups excluding carboxylic acids is 2. The Morgan fingerprint density at radius 2 is 1.76 bits per heavy atom. The Morgan fingerprint density at radius 1 is 1.19 bits per heavy atom. The van der Waals surface area contributed by atoms with Gasteiger partial charge >= 0.3 is 6.09 Å². The van der Waals surface area contributed by atoms with Crippen LogP contribution in [0.4, 0.5) is 4.79 Å². The van der Waals surface area contributed by atoms with Crippen molar-refractivity contribution in [1.29, 1.82) is 0 Å². The second kappa shape index (κ2) is 9.18. The minimum atomic E-state index is -0.573. The largest absolute Gasteiger partial charge is 0.444 e. The van der Waals surface area contributed by atoms with E-state index in [-0.39, 0.29) is 5.91 Å². The molecular weight excluding hydrogens is 288 g/mol. The van der Waals surface area contributed by atoms with Crippen LogP contribution < -0.4 is 10.6 Å². The Bertz CT molecular complexity index is 340. The van der Waals surface area contributed by atoms with Gasteiger partial charge in [-0.2, -0.15) is 11.8 Å². The lowest BCUT2D eigenvalue weighted by Crippen LogP contribution is -2.49. The van der Waals surface area contributed by atoms with Gasteiger partial charge in [0, 0.05) is 11.8 Å². The molecule has 0 aliphatic rings. The van der Waals surface area contributed by atoms with E-state index in [1.165, 1.54) is 0 Å². The van der Waals surface area contributed by atoms with Crippen molar-refractivity contribution in [3.8, 4) is 0 Å². The van der Waals surface area contributed by atoms with E-state index in [1.807, 2.05) is 27.0 Å². The predicted octanol–water partition coefficient (Wildman–Crippen LogP) is 2.79. The van der Waals surface area contributed by atoms with Gasteiger partial charge in [0.05, 0.1) is 0 Å². The van der Waals surface area contributed by atoms with E-state index < -0.39 is 17.7 Å². The van der Waals surface area contributed by atoms with Gasteiger partial charge in [-0.15, -0.1) is 0 Å². The Morgan fingerprint density at radius 3 is 2.19 bits per heavy atom. The van der Waals surface area contributed by atoms with Crippen molar-refractivity contribution in [1.82, 2.24) is 10.6 Å². The summed E-state index contributed by atoms with van der Waals surface area (Å²) in [6.07, 6.45) is 2.03.